The van der Waals surface area contributed by atoms with Gasteiger partial charge in [0, 0.05) is 23.1 Å². The lowest BCUT2D eigenvalue weighted by molar-refractivity contribution is 0.415. The number of hydrogen-bond donors (Lipinski definition) is 1. The van der Waals surface area contributed by atoms with Crippen LogP contribution in [-0.4, -0.2) is 47.2 Å². The number of rotatable bonds is 6. The van der Waals surface area contributed by atoms with E-state index in [1.54, 1.807) is 25.1 Å². The van der Waals surface area contributed by atoms with Gasteiger partial charge >= 0.3 is 0 Å². The molecule has 2 N–H and O–H groups in total. The van der Waals surface area contributed by atoms with Gasteiger partial charge in [-0.25, -0.2) is 13.1 Å². The highest BCUT2D eigenvalue weighted by molar-refractivity contribution is 7.91. The SMILES string of the molecule is CCS(=O)(=O)CCn1nnnc1-c1cc(N)cc(OC)c1. The molecule has 0 aliphatic rings. The topological polar surface area (TPSA) is 113 Å². The van der Waals surface area contributed by atoms with Crippen molar-refractivity contribution < 1.29 is 13.2 Å². The summed E-state index contributed by atoms with van der Waals surface area (Å²) in [6, 6.07) is 5.13. The van der Waals surface area contributed by atoms with E-state index in [4.69, 9.17) is 10.5 Å². The summed E-state index contributed by atoms with van der Waals surface area (Å²) < 4.78 is 29.7. The maximum absolute atomic E-state index is 11.6. The number of ether oxygens (including phenoxy) is 1. The molecule has 0 unspecified atom stereocenters. The number of nitrogen functional groups attached to an aromatic ring is 1. The molecule has 0 aliphatic heterocycles. The number of nitrogens with two attached hydrogens (primary N) is 1. The largest absolute Gasteiger partial charge is 0.497 e. The molecule has 0 aliphatic carbocycles. The van der Waals surface area contributed by atoms with Gasteiger partial charge < -0.3 is 10.5 Å². The van der Waals surface area contributed by atoms with Gasteiger partial charge in [-0.15, -0.1) is 5.10 Å². The van der Waals surface area contributed by atoms with Crippen molar-refractivity contribution in [3.05, 3.63) is 18.2 Å². The van der Waals surface area contributed by atoms with E-state index < -0.39 is 9.84 Å². The highest BCUT2D eigenvalue weighted by Gasteiger charge is 2.14. The molecule has 0 atom stereocenters. The number of benzene rings is 1. The van der Waals surface area contributed by atoms with E-state index in [1.807, 2.05) is 0 Å². The third-order valence-corrected chi connectivity index (χ3v) is 4.69. The van der Waals surface area contributed by atoms with Gasteiger partial charge in [0.25, 0.3) is 0 Å². The van der Waals surface area contributed by atoms with Crippen molar-refractivity contribution in [2.24, 2.45) is 0 Å². The summed E-state index contributed by atoms with van der Waals surface area (Å²) in [7, 11) is -1.54. The van der Waals surface area contributed by atoms with Crippen molar-refractivity contribution in [2.45, 2.75) is 13.5 Å². The molecule has 0 bridgehead atoms. The van der Waals surface area contributed by atoms with Gasteiger partial charge in [0.2, 0.25) is 0 Å². The highest BCUT2D eigenvalue weighted by atomic mass is 32.2. The Labute approximate surface area is 122 Å². The fourth-order valence-electron chi connectivity index (χ4n) is 1.80. The summed E-state index contributed by atoms with van der Waals surface area (Å²) in [6.45, 7) is 1.80. The minimum absolute atomic E-state index is 0.0129. The first-order valence-corrected chi connectivity index (χ1v) is 8.19. The molecule has 21 heavy (non-hydrogen) atoms. The van der Waals surface area contributed by atoms with Crippen LogP contribution in [0, 0.1) is 0 Å². The lowest BCUT2D eigenvalue weighted by Crippen LogP contribution is -2.16. The zero-order chi connectivity index (χ0) is 15.5. The van der Waals surface area contributed by atoms with Crippen LogP contribution in [0.2, 0.25) is 0 Å². The highest BCUT2D eigenvalue weighted by Crippen LogP contribution is 2.25. The number of tetrazole rings is 1. The van der Waals surface area contributed by atoms with Gasteiger partial charge in [-0.05, 0) is 22.6 Å². The Hall–Kier alpha value is -2.16. The van der Waals surface area contributed by atoms with Crippen LogP contribution in [0.3, 0.4) is 0 Å². The zero-order valence-electron chi connectivity index (χ0n) is 11.9. The minimum atomic E-state index is -3.08. The molecule has 9 heteroatoms. The normalized spacial score (nSPS) is 11.5. The smallest absolute Gasteiger partial charge is 0.182 e. The van der Waals surface area contributed by atoms with Gasteiger partial charge in [0.15, 0.2) is 15.7 Å². The van der Waals surface area contributed by atoms with E-state index in [2.05, 4.69) is 15.5 Å². The first-order valence-electron chi connectivity index (χ1n) is 6.36. The molecular weight excluding hydrogens is 294 g/mol. The molecule has 1 aromatic carbocycles. The lowest BCUT2D eigenvalue weighted by atomic mass is 10.2. The zero-order valence-corrected chi connectivity index (χ0v) is 12.7. The third kappa shape index (κ3) is 3.69. The quantitative estimate of drug-likeness (QED) is 0.766. The monoisotopic (exact) mass is 311 g/mol. The molecule has 8 nitrogen and oxygen atoms in total. The molecule has 0 fully saturated rings. The van der Waals surface area contributed by atoms with Crippen LogP contribution in [0.1, 0.15) is 6.92 Å². The minimum Gasteiger partial charge on any atom is -0.497 e. The maximum Gasteiger partial charge on any atom is 0.182 e. The molecule has 1 heterocycles. The molecule has 2 rings (SSSR count). The molecule has 0 amide bonds. The van der Waals surface area contributed by atoms with E-state index in [0.29, 0.717) is 22.8 Å². The fraction of sp³-hybridized carbons (Fsp3) is 0.417. The number of methoxy groups -OCH3 is 1. The number of aryl methyl sites for hydroxylation is 1. The van der Waals surface area contributed by atoms with E-state index in [9.17, 15) is 8.42 Å². The number of hydrogen-bond acceptors (Lipinski definition) is 7. The summed E-state index contributed by atoms with van der Waals surface area (Å²) in [5, 5.41) is 11.3. The molecule has 0 spiro atoms. The Bertz CT molecular complexity index is 726. The van der Waals surface area contributed by atoms with Gasteiger partial charge in [-0.2, -0.15) is 0 Å². The Morgan fingerprint density at radius 3 is 2.76 bits per heavy atom. The predicted octanol–water partition coefficient (Wildman–Crippen LogP) is 0.366. The van der Waals surface area contributed by atoms with Gasteiger partial charge in [-0.1, -0.05) is 6.92 Å². The summed E-state index contributed by atoms with van der Waals surface area (Å²) in [5.74, 6) is 1.12. The maximum atomic E-state index is 11.6. The van der Waals surface area contributed by atoms with Crippen LogP contribution >= 0.6 is 0 Å². The van der Waals surface area contributed by atoms with Crippen LogP contribution in [0.4, 0.5) is 5.69 Å². The molecule has 0 saturated carbocycles. The van der Waals surface area contributed by atoms with E-state index in [-0.39, 0.29) is 18.1 Å². The summed E-state index contributed by atoms with van der Waals surface area (Å²) in [6.07, 6.45) is 0. The van der Waals surface area contributed by atoms with Crippen LogP contribution < -0.4 is 10.5 Å². The molecule has 0 saturated heterocycles. The van der Waals surface area contributed by atoms with Crippen molar-refractivity contribution in [2.75, 3.05) is 24.3 Å². The lowest BCUT2D eigenvalue weighted by Gasteiger charge is -2.07. The third-order valence-electron chi connectivity index (χ3n) is 3.01. The van der Waals surface area contributed by atoms with Gasteiger partial charge in [-0.3, -0.25) is 0 Å². The first-order chi connectivity index (χ1) is 9.95. The summed E-state index contributed by atoms with van der Waals surface area (Å²) >= 11 is 0. The molecule has 2 aromatic rings. The Morgan fingerprint density at radius 2 is 2.10 bits per heavy atom. The van der Waals surface area contributed by atoms with Crippen LogP contribution in [0.15, 0.2) is 18.2 Å². The number of aromatic nitrogens is 4. The van der Waals surface area contributed by atoms with Gasteiger partial charge in [0.05, 0.1) is 19.4 Å². The van der Waals surface area contributed by atoms with E-state index >= 15 is 0 Å². The molecule has 0 radical (unpaired) electrons. The Balaban J connectivity index is 2.30. The molecular formula is C12H17N5O3S. The average molecular weight is 311 g/mol. The van der Waals surface area contributed by atoms with Crippen molar-refractivity contribution in [1.82, 2.24) is 20.2 Å². The Morgan fingerprint density at radius 1 is 1.33 bits per heavy atom. The fourth-order valence-corrected chi connectivity index (χ4v) is 2.54. The van der Waals surface area contributed by atoms with Crippen molar-refractivity contribution in [3.63, 3.8) is 0 Å². The van der Waals surface area contributed by atoms with Crippen LogP contribution in [0.5, 0.6) is 5.75 Å². The predicted molar refractivity (Wildman–Crippen MR) is 78.5 cm³/mol. The standard InChI is InChI=1S/C12H17N5O3S/c1-3-21(18,19)5-4-17-12(14-15-16-17)9-6-10(13)8-11(7-9)20-2/h6-8H,3-5,13H2,1-2H3. The van der Waals surface area contributed by atoms with E-state index in [0.717, 1.165) is 0 Å². The van der Waals surface area contributed by atoms with Crippen molar-refractivity contribution in [3.8, 4) is 17.1 Å². The van der Waals surface area contributed by atoms with E-state index in [1.165, 1.54) is 11.8 Å². The number of sulfone groups is 1. The van der Waals surface area contributed by atoms with Crippen LogP contribution in [-0.2, 0) is 16.4 Å². The second-order valence-corrected chi connectivity index (χ2v) is 6.93. The average Bonchev–Trinajstić information content (AvgIpc) is 2.93. The molecule has 114 valence electrons. The first kappa shape index (κ1) is 15.2. The number of anilines is 1. The van der Waals surface area contributed by atoms with Crippen molar-refractivity contribution >= 4 is 15.5 Å². The summed E-state index contributed by atoms with van der Waals surface area (Å²) in [4.78, 5) is 0. The summed E-state index contributed by atoms with van der Waals surface area (Å²) in [5.41, 5.74) is 6.99. The van der Waals surface area contributed by atoms with Crippen LogP contribution in [0.25, 0.3) is 11.4 Å². The Kier molecular flexibility index (Phi) is 4.41. The second kappa shape index (κ2) is 6.08. The van der Waals surface area contributed by atoms with Crippen molar-refractivity contribution in [1.29, 1.82) is 0 Å². The second-order valence-electron chi connectivity index (χ2n) is 4.46. The van der Waals surface area contributed by atoms with Gasteiger partial charge in [0.1, 0.15) is 5.75 Å². The number of nitrogens with zero attached hydrogens (tertiary/aromatic N) is 4. The molecule has 1 aromatic heterocycles.